The second kappa shape index (κ2) is 17.3. The molecule has 1 aromatic heterocycles. The SMILES string of the molecule is C/C(=C/c1cc(F)cc(N2CCN(S(=O)(=O)c3ccc4ccn(C)c4c3)CC2)c1)[C@H]1OC(=O)C[C@H](O)CC[C@H](C)[C@@H](OC(=O)N2CCN(C)CC2)/C=C\[C@@H]1C. The molecule has 5 atom stereocenters. The molecular formula is C41H54FN5O7S. The summed E-state index contributed by atoms with van der Waals surface area (Å²) in [5, 5.41) is 11.7. The molecule has 2 saturated heterocycles. The minimum absolute atomic E-state index is 0.105. The van der Waals surface area contributed by atoms with Crippen LogP contribution in [0, 0.1) is 17.7 Å². The first-order chi connectivity index (χ1) is 26.2. The number of piperazine rings is 2. The number of fused-ring (bicyclic) bond motifs is 1. The standard InChI is InChI=1S/C41H54FN5O7S/c1-28-6-9-35(48)26-39(49)54-40(29(2)7-11-38(28)53-41(50)46-16-14-43(4)15-17-46)30(3)22-31-23-33(42)25-34(24-31)45-18-20-47(21-19-45)55(51,52)36-10-8-32-12-13-44(5)37(32)27-36/h7-8,10-13,22-25,27-29,35,38,40,48H,6,9,14-21,26H2,1-5H3/b11-7-,30-22-/t28-,29-,35+,38-,40-/m0/s1. The van der Waals surface area contributed by atoms with E-state index in [4.69, 9.17) is 9.47 Å². The lowest BCUT2D eigenvalue weighted by atomic mass is 9.91. The van der Waals surface area contributed by atoms with Crippen molar-refractivity contribution in [1.29, 1.82) is 0 Å². The Morgan fingerprint density at radius 1 is 0.945 bits per heavy atom. The van der Waals surface area contributed by atoms with E-state index in [9.17, 15) is 23.1 Å². The maximum atomic E-state index is 15.2. The van der Waals surface area contributed by atoms with Crippen LogP contribution < -0.4 is 4.90 Å². The van der Waals surface area contributed by atoms with Crippen LogP contribution in [0.2, 0.25) is 0 Å². The number of amides is 1. The number of likely N-dealkylation sites (N-methyl/N-ethyl adjacent to an activating group) is 1. The first-order valence-electron chi connectivity index (χ1n) is 19.2. The van der Waals surface area contributed by atoms with Crippen molar-refractivity contribution in [3.63, 3.8) is 0 Å². The molecule has 3 aliphatic rings. The number of aromatic nitrogens is 1. The zero-order valence-corrected chi connectivity index (χ0v) is 33.3. The molecule has 4 heterocycles. The molecular weight excluding hydrogens is 726 g/mol. The number of carbonyl (C=O) groups is 2. The van der Waals surface area contributed by atoms with Crippen molar-refractivity contribution in [2.45, 2.75) is 63.2 Å². The maximum absolute atomic E-state index is 15.2. The van der Waals surface area contributed by atoms with Crippen molar-refractivity contribution < 1.29 is 37.0 Å². The number of esters is 1. The Morgan fingerprint density at radius 2 is 1.67 bits per heavy atom. The smallest absolute Gasteiger partial charge is 0.410 e. The highest BCUT2D eigenvalue weighted by molar-refractivity contribution is 7.89. The van der Waals surface area contributed by atoms with E-state index >= 15 is 4.39 Å². The van der Waals surface area contributed by atoms with E-state index in [1.165, 1.54) is 16.4 Å². The van der Waals surface area contributed by atoms with E-state index in [-0.39, 0.29) is 42.3 Å². The van der Waals surface area contributed by atoms with Gasteiger partial charge in [0.15, 0.2) is 0 Å². The summed E-state index contributed by atoms with van der Waals surface area (Å²) in [7, 11) is 0.173. The topological polar surface area (TPSA) is 125 Å². The lowest BCUT2D eigenvalue weighted by Crippen LogP contribution is -2.48. The number of sulfonamides is 1. The molecule has 1 N–H and O–H groups in total. The Morgan fingerprint density at radius 3 is 2.40 bits per heavy atom. The fraction of sp³-hybridized carbons (Fsp3) is 0.512. The first kappa shape index (κ1) is 40.4. The van der Waals surface area contributed by atoms with Gasteiger partial charge in [0.25, 0.3) is 0 Å². The predicted molar refractivity (Wildman–Crippen MR) is 210 cm³/mol. The Hall–Kier alpha value is -4.24. The molecule has 0 aliphatic carbocycles. The average molecular weight is 780 g/mol. The van der Waals surface area contributed by atoms with Crippen LogP contribution >= 0.6 is 0 Å². The minimum Gasteiger partial charge on any atom is -0.457 e. The van der Waals surface area contributed by atoms with Crippen molar-refractivity contribution in [3.8, 4) is 0 Å². The molecule has 0 saturated carbocycles. The van der Waals surface area contributed by atoms with E-state index in [2.05, 4.69) is 4.90 Å². The summed E-state index contributed by atoms with van der Waals surface area (Å²) in [5.41, 5.74) is 2.68. The molecule has 2 aromatic carbocycles. The number of nitrogens with zero attached hydrogens (tertiary/aromatic N) is 5. The monoisotopic (exact) mass is 779 g/mol. The molecule has 0 spiro atoms. The Labute approximate surface area is 323 Å². The molecule has 3 aromatic rings. The van der Waals surface area contributed by atoms with E-state index in [0.717, 1.165) is 24.0 Å². The van der Waals surface area contributed by atoms with Gasteiger partial charge in [-0.2, -0.15) is 4.31 Å². The number of ether oxygens (including phenoxy) is 2. The molecule has 0 radical (unpaired) electrons. The van der Waals surface area contributed by atoms with E-state index in [1.807, 2.05) is 80.9 Å². The number of aliphatic hydroxyl groups excluding tert-OH is 1. The Kier molecular flexibility index (Phi) is 12.7. The van der Waals surface area contributed by atoms with Crippen molar-refractivity contribution in [2.24, 2.45) is 18.9 Å². The number of hydrogen-bond donors (Lipinski definition) is 1. The van der Waals surface area contributed by atoms with Crippen LogP contribution in [0.1, 0.15) is 45.6 Å². The van der Waals surface area contributed by atoms with Crippen molar-refractivity contribution in [3.05, 3.63) is 77.8 Å². The number of aliphatic hydroxyl groups is 1. The number of benzene rings is 2. The van der Waals surface area contributed by atoms with E-state index in [0.29, 0.717) is 55.8 Å². The van der Waals surface area contributed by atoms with Crippen LogP contribution in [0.15, 0.2) is 71.3 Å². The summed E-state index contributed by atoms with van der Waals surface area (Å²) in [5.74, 6) is -1.44. The minimum atomic E-state index is -3.73. The van der Waals surface area contributed by atoms with Crippen LogP contribution in [-0.4, -0.2) is 122 Å². The van der Waals surface area contributed by atoms with Gasteiger partial charge in [-0.05, 0) is 91.7 Å². The lowest BCUT2D eigenvalue weighted by molar-refractivity contribution is -0.151. The van der Waals surface area contributed by atoms with E-state index in [1.54, 1.807) is 23.1 Å². The zero-order valence-electron chi connectivity index (χ0n) is 32.4. The highest BCUT2D eigenvalue weighted by atomic mass is 32.2. The van der Waals surface area contributed by atoms with Gasteiger partial charge >= 0.3 is 12.1 Å². The second-order valence-electron chi connectivity index (χ2n) is 15.4. The number of aryl methyl sites for hydroxylation is 1. The summed E-state index contributed by atoms with van der Waals surface area (Å²) in [6, 6.07) is 11.8. The van der Waals surface area contributed by atoms with Crippen molar-refractivity contribution in [1.82, 2.24) is 18.7 Å². The van der Waals surface area contributed by atoms with Gasteiger partial charge in [-0.3, -0.25) is 4.79 Å². The largest absolute Gasteiger partial charge is 0.457 e. The quantitative estimate of drug-likeness (QED) is 0.263. The third kappa shape index (κ3) is 9.77. The van der Waals surface area contributed by atoms with Crippen LogP contribution in [0.25, 0.3) is 17.0 Å². The molecule has 14 heteroatoms. The second-order valence-corrected chi connectivity index (χ2v) is 17.3. The van der Waals surface area contributed by atoms with Gasteiger partial charge in [-0.25, -0.2) is 17.6 Å². The summed E-state index contributed by atoms with van der Waals surface area (Å²) in [4.78, 5) is 32.3. The number of carbonyl (C=O) groups excluding carboxylic acids is 2. The van der Waals surface area contributed by atoms with Crippen LogP contribution in [-0.2, 0) is 31.3 Å². The zero-order chi connectivity index (χ0) is 39.4. The van der Waals surface area contributed by atoms with Gasteiger partial charge < -0.3 is 33.8 Å². The molecule has 3 aliphatic heterocycles. The third-order valence-electron chi connectivity index (χ3n) is 11.1. The summed E-state index contributed by atoms with van der Waals surface area (Å²) in [6.07, 6.45) is 5.57. The number of cyclic esters (lactones) is 1. The lowest BCUT2D eigenvalue weighted by Gasteiger charge is -2.35. The highest BCUT2D eigenvalue weighted by Crippen LogP contribution is 2.29. The van der Waals surface area contributed by atoms with Crippen LogP contribution in [0.3, 0.4) is 0 Å². The highest BCUT2D eigenvalue weighted by Gasteiger charge is 2.31. The summed E-state index contributed by atoms with van der Waals surface area (Å²) >= 11 is 0. The maximum Gasteiger partial charge on any atom is 0.410 e. The van der Waals surface area contributed by atoms with Gasteiger partial charge in [0, 0.05) is 82.7 Å². The number of halogens is 1. The van der Waals surface area contributed by atoms with Crippen molar-refractivity contribution in [2.75, 3.05) is 64.3 Å². The van der Waals surface area contributed by atoms with Gasteiger partial charge in [-0.15, -0.1) is 0 Å². The van der Waals surface area contributed by atoms with Gasteiger partial charge in [0.1, 0.15) is 18.0 Å². The average Bonchev–Trinajstić information content (AvgIpc) is 3.53. The van der Waals surface area contributed by atoms with E-state index < -0.39 is 40.1 Å². The molecule has 55 heavy (non-hydrogen) atoms. The summed E-state index contributed by atoms with van der Waals surface area (Å²) in [6.45, 7) is 9.65. The number of hydrogen-bond acceptors (Lipinski definition) is 9. The number of anilines is 1. The fourth-order valence-electron chi connectivity index (χ4n) is 7.58. The van der Waals surface area contributed by atoms with Gasteiger partial charge in [-0.1, -0.05) is 32.1 Å². The van der Waals surface area contributed by atoms with Crippen LogP contribution in [0.4, 0.5) is 14.9 Å². The molecule has 298 valence electrons. The Bertz CT molecular complexity index is 2020. The Balaban J connectivity index is 1.17. The molecule has 1 amide bonds. The first-order valence-corrected chi connectivity index (χ1v) is 20.6. The predicted octanol–water partition coefficient (Wildman–Crippen LogP) is 5.27. The number of rotatable bonds is 6. The van der Waals surface area contributed by atoms with Crippen molar-refractivity contribution >= 4 is 44.8 Å². The third-order valence-corrected chi connectivity index (χ3v) is 13.0. The van der Waals surface area contributed by atoms with Gasteiger partial charge in [0.2, 0.25) is 10.0 Å². The summed E-state index contributed by atoms with van der Waals surface area (Å²) < 4.78 is 57.7. The normalized spacial score (nSPS) is 26.3. The van der Waals surface area contributed by atoms with Crippen LogP contribution in [0.5, 0.6) is 0 Å². The molecule has 2 fully saturated rings. The molecule has 6 rings (SSSR count). The molecule has 12 nitrogen and oxygen atoms in total. The molecule has 0 unspecified atom stereocenters. The molecule has 0 bridgehead atoms. The fourth-order valence-corrected chi connectivity index (χ4v) is 9.02. The van der Waals surface area contributed by atoms with Gasteiger partial charge in [0.05, 0.1) is 17.4 Å².